The van der Waals surface area contributed by atoms with Gasteiger partial charge in [0.15, 0.2) is 0 Å². The van der Waals surface area contributed by atoms with E-state index in [4.69, 9.17) is 4.74 Å². The van der Waals surface area contributed by atoms with E-state index in [1.807, 2.05) is 0 Å². The van der Waals surface area contributed by atoms with Gasteiger partial charge in [0.2, 0.25) is 0 Å². The Morgan fingerprint density at radius 1 is 1.32 bits per heavy atom. The predicted molar refractivity (Wildman–Crippen MR) is 62.7 cm³/mol. The molecule has 1 aromatic carbocycles. The van der Waals surface area contributed by atoms with Gasteiger partial charge in [-0.2, -0.15) is 13.2 Å². The van der Waals surface area contributed by atoms with Crippen LogP contribution in [0.15, 0.2) is 30.5 Å². The van der Waals surface area contributed by atoms with Crippen LogP contribution in [0.1, 0.15) is 22.8 Å². The summed E-state index contributed by atoms with van der Waals surface area (Å²) in [5.74, 6) is -0.786. The van der Waals surface area contributed by atoms with Gasteiger partial charge < -0.3 is 4.74 Å². The monoisotopic (exact) mass is 269 g/mol. The summed E-state index contributed by atoms with van der Waals surface area (Å²) in [6.45, 7) is 1.68. The second-order valence-electron chi connectivity index (χ2n) is 3.78. The van der Waals surface area contributed by atoms with E-state index in [1.54, 1.807) is 6.92 Å². The Morgan fingerprint density at radius 2 is 2.05 bits per heavy atom. The highest BCUT2D eigenvalue weighted by molar-refractivity contribution is 6.04. The number of carbonyl (C=O) groups is 1. The molecule has 0 unspecified atom stereocenters. The van der Waals surface area contributed by atoms with Crippen LogP contribution in [0.4, 0.5) is 13.2 Å². The fraction of sp³-hybridized carbons (Fsp3) is 0.231. The number of rotatable bonds is 2. The van der Waals surface area contributed by atoms with Crippen LogP contribution in [0, 0.1) is 0 Å². The number of pyridine rings is 1. The summed E-state index contributed by atoms with van der Waals surface area (Å²) in [7, 11) is 0. The van der Waals surface area contributed by atoms with Crippen LogP contribution >= 0.6 is 0 Å². The number of hydrogen-bond donors (Lipinski definition) is 0. The van der Waals surface area contributed by atoms with Crippen molar-refractivity contribution in [2.75, 3.05) is 6.61 Å². The molecule has 2 rings (SSSR count). The SMILES string of the molecule is CCOC(=O)c1cccc2nccc(C(F)(F)F)c12. The number of carbonyl (C=O) groups excluding carboxylic acids is 1. The third-order valence-electron chi connectivity index (χ3n) is 2.57. The van der Waals surface area contributed by atoms with Gasteiger partial charge in [0.05, 0.1) is 23.3 Å². The number of fused-ring (bicyclic) bond motifs is 1. The zero-order chi connectivity index (χ0) is 14.0. The molecule has 1 heterocycles. The summed E-state index contributed by atoms with van der Waals surface area (Å²) in [6.07, 6.45) is -3.48. The lowest BCUT2D eigenvalue weighted by Gasteiger charge is -2.12. The summed E-state index contributed by atoms with van der Waals surface area (Å²) in [5, 5.41) is -0.226. The summed E-state index contributed by atoms with van der Waals surface area (Å²) in [4.78, 5) is 15.6. The minimum Gasteiger partial charge on any atom is -0.462 e. The van der Waals surface area contributed by atoms with E-state index >= 15 is 0 Å². The minimum atomic E-state index is -4.55. The molecule has 19 heavy (non-hydrogen) atoms. The summed E-state index contributed by atoms with van der Waals surface area (Å²) in [6, 6.07) is 5.05. The van der Waals surface area contributed by atoms with Crippen LogP contribution in [0.2, 0.25) is 0 Å². The van der Waals surface area contributed by atoms with Crippen LogP contribution in [0.25, 0.3) is 10.9 Å². The Bertz CT molecular complexity index is 618. The summed E-state index contributed by atoms with van der Waals surface area (Å²) in [5.41, 5.74) is -0.902. The van der Waals surface area contributed by atoms with Crippen LogP contribution in [-0.4, -0.2) is 17.6 Å². The van der Waals surface area contributed by atoms with Crippen molar-refractivity contribution in [1.29, 1.82) is 0 Å². The first-order chi connectivity index (χ1) is 8.95. The smallest absolute Gasteiger partial charge is 0.417 e. The molecule has 100 valence electrons. The molecule has 0 aliphatic heterocycles. The zero-order valence-corrected chi connectivity index (χ0v) is 9.99. The molecule has 0 fully saturated rings. The molecule has 0 spiro atoms. The molecular weight excluding hydrogens is 259 g/mol. The number of ether oxygens (including phenoxy) is 1. The first-order valence-electron chi connectivity index (χ1n) is 5.57. The second-order valence-corrected chi connectivity index (χ2v) is 3.78. The van der Waals surface area contributed by atoms with Gasteiger partial charge >= 0.3 is 12.1 Å². The molecule has 0 saturated heterocycles. The summed E-state index contributed by atoms with van der Waals surface area (Å²) >= 11 is 0. The molecular formula is C13H10F3NO2. The zero-order valence-electron chi connectivity index (χ0n) is 9.99. The molecule has 0 amide bonds. The number of halogens is 3. The van der Waals surface area contributed by atoms with Crippen LogP contribution in [0.5, 0.6) is 0 Å². The van der Waals surface area contributed by atoms with Gasteiger partial charge in [0.1, 0.15) is 0 Å². The van der Waals surface area contributed by atoms with E-state index in [1.165, 1.54) is 18.2 Å². The van der Waals surface area contributed by atoms with Gasteiger partial charge in [-0.1, -0.05) is 6.07 Å². The van der Waals surface area contributed by atoms with E-state index in [-0.39, 0.29) is 23.1 Å². The maximum absolute atomic E-state index is 13.0. The summed E-state index contributed by atoms with van der Waals surface area (Å²) < 4.78 is 43.7. The third-order valence-corrected chi connectivity index (χ3v) is 2.57. The van der Waals surface area contributed by atoms with E-state index in [9.17, 15) is 18.0 Å². The normalized spacial score (nSPS) is 11.6. The Morgan fingerprint density at radius 3 is 2.68 bits per heavy atom. The molecule has 3 nitrogen and oxygen atoms in total. The molecule has 0 aliphatic carbocycles. The van der Waals surface area contributed by atoms with Crippen molar-refractivity contribution in [3.8, 4) is 0 Å². The van der Waals surface area contributed by atoms with Crippen molar-refractivity contribution in [2.24, 2.45) is 0 Å². The fourth-order valence-electron chi connectivity index (χ4n) is 1.82. The molecule has 1 aromatic heterocycles. The lowest BCUT2D eigenvalue weighted by Crippen LogP contribution is -2.11. The topological polar surface area (TPSA) is 39.2 Å². The Kier molecular flexibility index (Phi) is 3.42. The molecule has 6 heteroatoms. The van der Waals surface area contributed by atoms with Gasteiger partial charge in [-0.3, -0.25) is 4.98 Å². The van der Waals surface area contributed by atoms with Gasteiger partial charge in [0.25, 0.3) is 0 Å². The highest BCUT2D eigenvalue weighted by Gasteiger charge is 2.34. The quantitative estimate of drug-likeness (QED) is 0.784. The highest BCUT2D eigenvalue weighted by atomic mass is 19.4. The average Bonchev–Trinajstić information content (AvgIpc) is 2.36. The van der Waals surface area contributed by atoms with Crippen molar-refractivity contribution in [3.05, 3.63) is 41.6 Å². The average molecular weight is 269 g/mol. The van der Waals surface area contributed by atoms with Gasteiger partial charge in [-0.15, -0.1) is 0 Å². The highest BCUT2D eigenvalue weighted by Crippen LogP contribution is 2.35. The number of hydrogen-bond acceptors (Lipinski definition) is 3. The van der Waals surface area contributed by atoms with Gasteiger partial charge in [-0.25, -0.2) is 4.79 Å². The standard InChI is InChI=1S/C13H10F3NO2/c1-2-19-12(18)8-4-3-5-10-11(8)9(6-7-17-10)13(14,15)16/h3-7H,2H2,1H3. The molecule has 0 saturated carbocycles. The maximum Gasteiger partial charge on any atom is 0.417 e. The molecule has 0 bridgehead atoms. The number of nitrogens with zero attached hydrogens (tertiary/aromatic N) is 1. The Labute approximate surface area is 107 Å². The lowest BCUT2D eigenvalue weighted by atomic mass is 10.0. The first-order valence-corrected chi connectivity index (χ1v) is 5.57. The van der Waals surface area contributed by atoms with Crippen LogP contribution < -0.4 is 0 Å². The van der Waals surface area contributed by atoms with Gasteiger partial charge in [-0.05, 0) is 25.1 Å². The van der Waals surface area contributed by atoms with Crippen molar-refractivity contribution in [1.82, 2.24) is 4.98 Å². The van der Waals surface area contributed by atoms with E-state index in [0.29, 0.717) is 0 Å². The predicted octanol–water partition coefficient (Wildman–Crippen LogP) is 3.43. The maximum atomic E-state index is 13.0. The first kappa shape index (κ1) is 13.3. The van der Waals surface area contributed by atoms with E-state index < -0.39 is 17.7 Å². The Hall–Kier alpha value is -2.11. The largest absolute Gasteiger partial charge is 0.462 e. The molecule has 2 aromatic rings. The number of benzene rings is 1. The molecule has 0 atom stereocenters. The van der Waals surface area contributed by atoms with Crippen LogP contribution in [-0.2, 0) is 10.9 Å². The fourth-order valence-corrected chi connectivity index (χ4v) is 1.82. The molecule has 0 N–H and O–H groups in total. The van der Waals surface area contributed by atoms with E-state index in [0.717, 1.165) is 12.3 Å². The van der Waals surface area contributed by atoms with Crippen molar-refractivity contribution >= 4 is 16.9 Å². The third kappa shape index (κ3) is 2.52. The van der Waals surface area contributed by atoms with Crippen molar-refractivity contribution in [2.45, 2.75) is 13.1 Å². The number of aromatic nitrogens is 1. The minimum absolute atomic E-state index is 0.0941. The lowest BCUT2D eigenvalue weighted by molar-refractivity contribution is -0.136. The second kappa shape index (κ2) is 4.87. The number of alkyl halides is 3. The Balaban J connectivity index is 2.75. The van der Waals surface area contributed by atoms with Crippen molar-refractivity contribution < 1.29 is 22.7 Å². The molecule has 0 aliphatic rings. The van der Waals surface area contributed by atoms with Crippen molar-refractivity contribution in [3.63, 3.8) is 0 Å². The van der Waals surface area contributed by atoms with Crippen LogP contribution in [0.3, 0.4) is 0 Å². The number of esters is 1. The molecule has 0 radical (unpaired) electrons. The van der Waals surface area contributed by atoms with E-state index in [2.05, 4.69) is 4.98 Å². The van der Waals surface area contributed by atoms with Gasteiger partial charge in [0, 0.05) is 11.6 Å².